The molecule has 0 spiro atoms. The minimum Gasteiger partial charge on any atom is -0.352 e. The number of nitrogens with one attached hydrogen (secondary N) is 5. The number of thiophene rings is 1. The van der Waals surface area contributed by atoms with Gasteiger partial charge in [-0.15, -0.1) is 11.3 Å². The zero-order valence-corrected chi connectivity index (χ0v) is 45.2. The van der Waals surface area contributed by atoms with Crippen molar-refractivity contribution in [3.05, 3.63) is 135 Å². The Morgan fingerprint density at radius 3 is 2.35 bits per heavy atom. The van der Waals surface area contributed by atoms with E-state index in [9.17, 15) is 62.3 Å². The van der Waals surface area contributed by atoms with Crippen LogP contribution < -0.4 is 37.2 Å². The van der Waals surface area contributed by atoms with Crippen molar-refractivity contribution >= 4 is 93.5 Å². The van der Waals surface area contributed by atoms with E-state index >= 15 is 0 Å². The third-order valence-electron chi connectivity index (χ3n) is 15.5. The van der Waals surface area contributed by atoms with Crippen LogP contribution >= 0.6 is 18.9 Å². The Balaban J connectivity index is 0.786. The Labute approximate surface area is 467 Å². The lowest BCUT2D eigenvalue weighted by Gasteiger charge is -2.35. The number of imide groups is 1. The number of hydrogen-bond donors (Lipinski definition) is 8. The molecular weight excluding hydrogens is 1080 g/mol. The summed E-state index contributed by atoms with van der Waals surface area (Å²) in [6, 6.07) is 18.0. The SMILES string of the molecule is NC(=O)NC[C@H](NC(=O)[C@@H]1Cc2cccc3c2N1C(=O)[C@@H](NC(=O)c1cc2cc(C(=O)P(=O)(O)O)ccc2s1)CC3)C(=O)N[C@H](C(=O)N1CCC(CCC#Cc2cccc3c2CN(C2CCC(=O)NC2=O)C3=O)CC1)c1ccccc1. The Morgan fingerprint density at radius 1 is 0.852 bits per heavy atom. The number of piperidine rings is 2. The van der Waals surface area contributed by atoms with Crippen molar-refractivity contribution in [3.63, 3.8) is 0 Å². The summed E-state index contributed by atoms with van der Waals surface area (Å²) < 4.78 is 12.2. The fraction of sp³-hybridized carbons (Fsp3) is 0.333. The number of likely N-dealkylation sites (tertiary alicyclic amines) is 1. The summed E-state index contributed by atoms with van der Waals surface area (Å²) in [7, 11) is -5.07. The van der Waals surface area contributed by atoms with E-state index in [0.29, 0.717) is 76.8 Å². The van der Waals surface area contributed by atoms with Gasteiger partial charge in [0.2, 0.25) is 35.4 Å². The maximum absolute atomic E-state index is 14.6. The monoisotopic (exact) mass is 1140 g/mol. The Hall–Kier alpha value is -8.55. The highest BCUT2D eigenvalue weighted by Gasteiger charge is 2.46. The molecule has 1 unspecified atom stereocenters. The first kappa shape index (κ1) is 55.8. The zero-order chi connectivity index (χ0) is 57.3. The highest BCUT2D eigenvalue weighted by molar-refractivity contribution is 7.70. The van der Waals surface area contributed by atoms with Crippen molar-refractivity contribution in [1.29, 1.82) is 0 Å². The van der Waals surface area contributed by atoms with E-state index in [0.717, 1.165) is 28.9 Å². The molecule has 5 aliphatic heterocycles. The van der Waals surface area contributed by atoms with Crippen LogP contribution in [0.2, 0.25) is 0 Å². The molecule has 5 aromatic rings. The second-order valence-corrected chi connectivity index (χ2v) is 23.2. The number of anilines is 1. The van der Waals surface area contributed by atoms with Crippen molar-refractivity contribution < 1.29 is 62.3 Å². The molecule has 6 heterocycles. The lowest BCUT2D eigenvalue weighted by Crippen LogP contribution is -2.60. The number of primary amides is 1. The third-order valence-corrected chi connectivity index (χ3v) is 17.4. The predicted molar refractivity (Wildman–Crippen MR) is 294 cm³/mol. The maximum Gasteiger partial charge on any atom is 0.396 e. The molecule has 418 valence electrons. The number of fused-ring (bicyclic) bond motifs is 2. The van der Waals surface area contributed by atoms with Crippen LogP contribution in [0.4, 0.5) is 10.5 Å². The predicted octanol–water partition coefficient (Wildman–Crippen LogP) is 3.06. The molecule has 22 nitrogen and oxygen atoms in total. The van der Waals surface area contributed by atoms with Crippen LogP contribution in [0.1, 0.15) is 109 Å². The van der Waals surface area contributed by atoms with Crippen LogP contribution in [0.25, 0.3) is 10.1 Å². The number of benzene rings is 4. The number of carbonyl (C=O) groups excluding carboxylic acids is 10. The number of hydrogen-bond acceptors (Lipinski definition) is 12. The topological polar surface area (TPSA) is 324 Å². The number of urea groups is 1. The quantitative estimate of drug-likeness (QED) is 0.0425. The Kier molecular flexibility index (Phi) is 16.0. The lowest BCUT2D eigenvalue weighted by molar-refractivity contribution is -0.139. The standard InChI is InChI=1S/C57H56N9O13PS/c58-57(76)59-29-41(61-51(70)43-27-35-14-6-13-34-16-18-40(54(73)66(43)48(34)35)60-52(71)45-28-37-26-36(17-20-44(37)81-45)56(75)80(77,78)79)49(68)63-47(33-10-2-1-3-11-33)55(74)64-24-22-31(23-25-64)8-4-5-9-32-12-7-15-38-39(32)30-65(53(38)72)42-19-21-46(67)62-50(42)69/h1-3,6-7,10-15,17,20,26,28,31,40-43,47H,4,8,16,18-19,21-25,27,29-30H2,(H,60,71)(H,61,70)(H,63,68)(H3,58,59,76)(H,62,67,69)(H2,77,78,79)/t40-,41-,42?,43-,47-/m0/s1. The van der Waals surface area contributed by atoms with Gasteiger partial charge >= 0.3 is 13.6 Å². The molecular formula is C57H56N9O13PS. The summed E-state index contributed by atoms with van der Waals surface area (Å²) in [5.41, 5.74) is 8.17. The molecule has 0 saturated carbocycles. The average Bonchev–Trinajstić information content (AvgIpc) is 4.15. The minimum absolute atomic E-state index is 0.0443. The second kappa shape index (κ2) is 23.3. The molecule has 2 saturated heterocycles. The molecule has 4 aromatic carbocycles. The minimum atomic E-state index is -5.07. The number of rotatable bonds is 15. The molecule has 1 aromatic heterocycles. The summed E-state index contributed by atoms with van der Waals surface area (Å²) in [6.07, 6.45) is 3.57. The summed E-state index contributed by atoms with van der Waals surface area (Å²) in [6.45, 7) is 0.500. The average molecular weight is 1140 g/mol. The van der Waals surface area contributed by atoms with Crippen LogP contribution in [-0.2, 0) is 52.7 Å². The molecule has 2 fully saturated rings. The molecule has 10 rings (SSSR count). The van der Waals surface area contributed by atoms with Gasteiger partial charge in [0.05, 0.1) is 10.6 Å². The normalized spacial score (nSPS) is 19.5. The van der Waals surface area contributed by atoms with Gasteiger partial charge in [0, 0.05) is 66.8 Å². The van der Waals surface area contributed by atoms with Crippen LogP contribution in [-0.4, -0.2) is 122 Å². The Morgan fingerprint density at radius 2 is 1.60 bits per heavy atom. The van der Waals surface area contributed by atoms with Gasteiger partial charge < -0.3 is 46.6 Å². The maximum atomic E-state index is 14.6. The summed E-state index contributed by atoms with van der Waals surface area (Å²) in [5.74, 6) is 2.38. The van der Waals surface area contributed by atoms with Crippen LogP contribution in [0.15, 0.2) is 91.0 Å². The van der Waals surface area contributed by atoms with E-state index in [1.165, 1.54) is 34.1 Å². The molecule has 10 amide bonds. The van der Waals surface area contributed by atoms with Crippen molar-refractivity contribution in [2.75, 3.05) is 24.5 Å². The van der Waals surface area contributed by atoms with Gasteiger partial charge in [-0.1, -0.05) is 66.4 Å². The highest BCUT2D eigenvalue weighted by Crippen LogP contribution is 2.41. The Bertz CT molecular complexity index is 3570. The number of nitrogens with zero attached hydrogens (tertiary/aromatic N) is 3. The number of aryl methyl sites for hydroxylation is 1. The largest absolute Gasteiger partial charge is 0.396 e. The molecule has 24 heteroatoms. The lowest BCUT2D eigenvalue weighted by atomic mass is 9.91. The molecule has 0 radical (unpaired) electrons. The third kappa shape index (κ3) is 11.9. The van der Waals surface area contributed by atoms with Crippen LogP contribution in [0.5, 0.6) is 0 Å². The molecule has 0 aliphatic carbocycles. The zero-order valence-electron chi connectivity index (χ0n) is 43.5. The van der Waals surface area contributed by atoms with Gasteiger partial charge in [-0.2, -0.15) is 0 Å². The fourth-order valence-electron chi connectivity index (χ4n) is 11.3. The van der Waals surface area contributed by atoms with E-state index < -0.39 is 91.3 Å². The molecule has 9 N–H and O–H groups in total. The van der Waals surface area contributed by atoms with Gasteiger partial charge in [-0.3, -0.25) is 57.9 Å². The van der Waals surface area contributed by atoms with Crippen molar-refractivity contribution in [2.45, 2.75) is 94.5 Å². The van der Waals surface area contributed by atoms with Crippen LogP contribution in [0, 0.1) is 17.8 Å². The first-order chi connectivity index (χ1) is 38.8. The van der Waals surface area contributed by atoms with Crippen molar-refractivity contribution in [1.82, 2.24) is 36.4 Å². The molecule has 5 aliphatic rings. The first-order valence-electron chi connectivity index (χ1n) is 26.4. The summed E-state index contributed by atoms with van der Waals surface area (Å²) in [4.78, 5) is 157. The smallest absolute Gasteiger partial charge is 0.352 e. The summed E-state index contributed by atoms with van der Waals surface area (Å²) in [5, 5.41) is 13.4. The van der Waals surface area contributed by atoms with Gasteiger partial charge in [0.25, 0.3) is 17.3 Å². The van der Waals surface area contributed by atoms with E-state index in [4.69, 9.17) is 5.73 Å². The second-order valence-electron chi connectivity index (χ2n) is 20.6. The van der Waals surface area contributed by atoms with E-state index in [2.05, 4.69) is 38.4 Å². The van der Waals surface area contributed by atoms with Crippen LogP contribution in [0.3, 0.4) is 0 Å². The van der Waals surface area contributed by atoms with Crippen molar-refractivity contribution in [3.8, 4) is 11.8 Å². The van der Waals surface area contributed by atoms with E-state index in [1.54, 1.807) is 59.5 Å². The molecule has 5 atom stereocenters. The van der Waals surface area contributed by atoms with Gasteiger partial charge in [-0.05, 0) is 108 Å². The fourth-order valence-corrected chi connectivity index (χ4v) is 12.7. The van der Waals surface area contributed by atoms with Gasteiger partial charge in [0.15, 0.2) is 0 Å². The van der Waals surface area contributed by atoms with E-state index in [1.807, 2.05) is 12.1 Å². The van der Waals surface area contributed by atoms with Gasteiger partial charge in [-0.25, -0.2) is 4.79 Å². The molecule has 0 bridgehead atoms. The number of para-hydroxylation sites is 1. The first-order valence-corrected chi connectivity index (χ1v) is 28.9. The summed E-state index contributed by atoms with van der Waals surface area (Å²) >= 11 is 1.04. The molecule has 81 heavy (non-hydrogen) atoms. The highest BCUT2D eigenvalue weighted by atomic mass is 32.1. The van der Waals surface area contributed by atoms with E-state index in [-0.39, 0.29) is 60.4 Å². The number of carbonyl (C=O) groups is 10. The van der Waals surface area contributed by atoms with Gasteiger partial charge in [0.1, 0.15) is 30.2 Å². The number of amides is 10. The van der Waals surface area contributed by atoms with Crippen molar-refractivity contribution in [2.24, 2.45) is 11.7 Å². The number of nitrogens with two attached hydrogens (primary N) is 1.